The number of benzene rings is 1. The molecule has 1 aromatic carbocycles. The molecule has 2 nitrogen and oxygen atoms in total. The summed E-state index contributed by atoms with van der Waals surface area (Å²) >= 11 is 0. The van der Waals surface area contributed by atoms with Gasteiger partial charge in [-0.3, -0.25) is 0 Å². The number of hydrogen-bond donors (Lipinski definition) is 0. The molecule has 1 atom stereocenters. The highest BCUT2D eigenvalue weighted by atomic mass is 28.3. The molecule has 0 amide bonds. The fraction of sp³-hybridized carbons (Fsp3) is 0.538. The standard InChI is InChI=1S/C13H22O2Si/c1-14-10-11-15-13(16(2,3)4)12-8-6-5-7-9-12/h5-9,13H,10-11H2,1-4H3. The number of methoxy groups -OCH3 is 1. The van der Waals surface area contributed by atoms with E-state index in [1.807, 2.05) is 6.07 Å². The van der Waals surface area contributed by atoms with E-state index in [1.54, 1.807) is 7.11 Å². The van der Waals surface area contributed by atoms with Gasteiger partial charge in [-0.25, -0.2) is 0 Å². The molecule has 1 unspecified atom stereocenters. The molecule has 3 heteroatoms. The van der Waals surface area contributed by atoms with Crippen LogP contribution in [-0.2, 0) is 9.47 Å². The monoisotopic (exact) mass is 238 g/mol. The molecular formula is C13H22O2Si. The van der Waals surface area contributed by atoms with Gasteiger partial charge in [0.1, 0.15) is 0 Å². The van der Waals surface area contributed by atoms with Crippen molar-refractivity contribution in [1.29, 1.82) is 0 Å². The molecule has 0 radical (unpaired) electrons. The summed E-state index contributed by atoms with van der Waals surface area (Å²) in [6.45, 7) is 8.32. The van der Waals surface area contributed by atoms with Crippen molar-refractivity contribution in [2.45, 2.75) is 25.4 Å². The van der Waals surface area contributed by atoms with E-state index in [9.17, 15) is 0 Å². The zero-order chi connectivity index (χ0) is 12.0. The van der Waals surface area contributed by atoms with E-state index in [4.69, 9.17) is 9.47 Å². The third-order valence-electron chi connectivity index (χ3n) is 2.46. The van der Waals surface area contributed by atoms with E-state index >= 15 is 0 Å². The first-order chi connectivity index (χ1) is 7.55. The first-order valence-electron chi connectivity index (χ1n) is 5.71. The van der Waals surface area contributed by atoms with Gasteiger partial charge in [-0.1, -0.05) is 50.0 Å². The lowest BCUT2D eigenvalue weighted by Gasteiger charge is -2.29. The van der Waals surface area contributed by atoms with Crippen LogP contribution in [0, 0.1) is 0 Å². The van der Waals surface area contributed by atoms with Gasteiger partial charge >= 0.3 is 0 Å². The highest BCUT2D eigenvalue weighted by Gasteiger charge is 2.28. The Morgan fingerprint density at radius 2 is 1.69 bits per heavy atom. The average Bonchev–Trinajstić information content (AvgIpc) is 2.24. The molecule has 0 aliphatic carbocycles. The van der Waals surface area contributed by atoms with Crippen LogP contribution in [0.3, 0.4) is 0 Å². The number of ether oxygens (including phenoxy) is 2. The van der Waals surface area contributed by atoms with Gasteiger partial charge in [-0.05, 0) is 5.56 Å². The van der Waals surface area contributed by atoms with Crippen molar-refractivity contribution in [3.05, 3.63) is 35.9 Å². The Morgan fingerprint density at radius 3 is 2.19 bits per heavy atom. The van der Waals surface area contributed by atoms with Crippen molar-refractivity contribution in [3.63, 3.8) is 0 Å². The van der Waals surface area contributed by atoms with Crippen molar-refractivity contribution in [1.82, 2.24) is 0 Å². The molecule has 0 aliphatic rings. The van der Waals surface area contributed by atoms with Crippen molar-refractivity contribution in [3.8, 4) is 0 Å². The Hall–Kier alpha value is -0.643. The van der Waals surface area contributed by atoms with Crippen molar-refractivity contribution in [2.75, 3.05) is 20.3 Å². The Bertz CT molecular complexity index is 293. The molecule has 0 spiro atoms. The van der Waals surface area contributed by atoms with E-state index in [0.29, 0.717) is 13.2 Å². The van der Waals surface area contributed by atoms with Crippen LogP contribution in [0.5, 0.6) is 0 Å². The maximum atomic E-state index is 5.97. The molecular weight excluding hydrogens is 216 g/mol. The molecule has 0 aliphatic heterocycles. The van der Waals surface area contributed by atoms with Crippen molar-refractivity contribution < 1.29 is 9.47 Å². The van der Waals surface area contributed by atoms with Crippen LogP contribution in [-0.4, -0.2) is 28.4 Å². The summed E-state index contributed by atoms with van der Waals surface area (Å²) in [6, 6.07) is 10.5. The Morgan fingerprint density at radius 1 is 1.06 bits per heavy atom. The minimum Gasteiger partial charge on any atom is -0.382 e. The van der Waals surface area contributed by atoms with Gasteiger partial charge in [0.05, 0.1) is 27.0 Å². The minimum atomic E-state index is -1.36. The second-order valence-corrected chi connectivity index (χ2v) is 10.3. The van der Waals surface area contributed by atoms with Crippen LogP contribution < -0.4 is 0 Å². The number of hydrogen-bond acceptors (Lipinski definition) is 2. The molecule has 1 aromatic rings. The highest BCUT2D eigenvalue weighted by molar-refractivity contribution is 6.77. The van der Waals surface area contributed by atoms with E-state index in [0.717, 1.165) is 0 Å². The smallest absolute Gasteiger partial charge is 0.0842 e. The van der Waals surface area contributed by atoms with Crippen LogP contribution in [0.15, 0.2) is 30.3 Å². The molecule has 0 saturated heterocycles. The third kappa shape index (κ3) is 4.08. The molecule has 0 N–H and O–H groups in total. The quantitative estimate of drug-likeness (QED) is 0.559. The summed E-state index contributed by atoms with van der Waals surface area (Å²) in [7, 11) is 0.349. The van der Waals surface area contributed by atoms with Gasteiger partial charge in [-0.15, -0.1) is 0 Å². The predicted molar refractivity (Wildman–Crippen MR) is 70.4 cm³/mol. The van der Waals surface area contributed by atoms with E-state index in [-0.39, 0.29) is 5.73 Å². The third-order valence-corrected chi connectivity index (χ3v) is 4.53. The van der Waals surface area contributed by atoms with Gasteiger partial charge in [-0.2, -0.15) is 0 Å². The van der Waals surface area contributed by atoms with E-state index < -0.39 is 8.07 Å². The largest absolute Gasteiger partial charge is 0.382 e. The molecule has 1 rings (SSSR count). The zero-order valence-corrected chi connectivity index (χ0v) is 11.7. The van der Waals surface area contributed by atoms with Crippen molar-refractivity contribution >= 4 is 8.07 Å². The van der Waals surface area contributed by atoms with Gasteiger partial charge < -0.3 is 9.47 Å². The lowest BCUT2D eigenvalue weighted by atomic mass is 10.2. The second-order valence-electron chi connectivity index (χ2n) is 5.02. The minimum absolute atomic E-state index is 0.254. The summed E-state index contributed by atoms with van der Waals surface area (Å²) in [6.07, 6.45) is 0. The fourth-order valence-corrected chi connectivity index (χ4v) is 3.53. The second kappa shape index (κ2) is 6.18. The van der Waals surface area contributed by atoms with Crippen LogP contribution in [0.2, 0.25) is 19.6 Å². The molecule has 0 aromatic heterocycles. The Labute approximate surface area is 99.6 Å². The van der Waals surface area contributed by atoms with Gasteiger partial charge in [0.2, 0.25) is 0 Å². The summed E-state index contributed by atoms with van der Waals surface area (Å²) in [4.78, 5) is 0. The topological polar surface area (TPSA) is 18.5 Å². The maximum absolute atomic E-state index is 5.97. The molecule has 0 heterocycles. The summed E-state index contributed by atoms with van der Waals surface area (Å²) < 4.78 is 11.0. The number of rotatable bonds is 6. The fourth-order valence-electron chi connectivity index (χ4n) is 1.72. The summed E-state index contributed by atoms with van der Waals surface area (Å²) in [5, 5.41) is 0. The van der Waals surface area contributed by atoms with Crippen LogP contribution in [0.1, 0.15) is 11.3 Å². The zero-order valence-electron chi connectivity index (χ0n) is 10.7. The van der Waals surface area contributed by atoms with E-state index in [2.05, 4.69) is 43.9 Å². The first kappa shape index (κ1) is 13.4. The lowest BCUT2D eigenvalue weighted by molar-refractivity contribution is 0.0487. The van der Waals surface area contributed by atoms with Gasteiger partial charge in [0.25, 0.3) is 0 Å². The van der Waals surface area contributed by atoms with Crippen LogP contribution in [0.4, 0.5) is 0 Å². The Kier molecular flexibility index (Phi) is 5.18. The first-order valence-corrected chi connectivity index (χ1v) is 9.29. The normalized spacial score (nSPS) is 13.8. The maximum Gasteiger partial charge on any atom is 0.0842 e. The summed E-state index contributed by atoms with van der Waals surface area (Å²) in [5.74, 6) is 0. The Balaban J connectivity index is 2.73. The average molecular weight is 238 g/mol. The molecule has 16 heavy (non-hydrogen) atoms. The molecule has 90 valence electrons. The molecule has 0 bridgehead atoms. The molecule has 0 saturated carbocycles. The van der Waals surface area contributed by atoms with Crippen molar-refractivity contribution in [2.24, 2.45) is 0 Å². The lowest BCUT2D eigenvalue weighted by Crippen LogP contribution is -2.33. The van der Waals surface area contributed by atoms with Gasteiger partial charge in [0.15, 0.2) is 0 Å². The van der Waals surface area contributed by atoms with Crippen LogP contribution >= 0.6 is 0 Å². The van der Waals surface area contributed by atoms with Crippen LogP contribution in [0.25, 0.3) is 0 Å². The van der Waals surface area contributed by atoms with Gasteiger partial charge in [0, 0.05) is 7.11 Å². The predicted octanol–water partition coefficient (Wildman–Crippen LogP) is 3.27. The highest BCUT2D eigenvalue weighted by Crippen LogP contribution is 2.27. The SMILES string of the molecule is COCCOC(c1ccccc1)[Si](C)(C)C. The van der Waals surface area contributed by atoms with E-state index in [1.165, 1.54) is 5.56 Å². The summed E-state index contributed by atoms with van der Waals surface area (Å²) in [5.41, 5.74) is 1.54. The molecule has 0 fully saturated rings.